The third kappa shape index (κ3) is 7.58. The number of rotatable bonds is 7. The van der Waals surface area contributed by atoms with Gasteiger partial charge in [-0.2, -0.15) is 13.2 Å². The van der Waals surface area contributed by atoms with Crippen molar-refractivity contribution in [2.24, 2.45) is 5.92 Å². The normalized spacial score (nSPS) is 11.8. The molecule has 0 heterocycles. The molecule has 23 heavy (non-hydrogen) atoms. The fourth-order valence-corrected chi connectivity index (χ4v) is 1.58. The van der Waals surface area contributed by atoms with E-state index in [1.807, 2.05) is 13.8 Å². The van der Waals surface area contributed by atoms with Gasteiger partial charge in [-0.15, -0.1) is 0 Å². The minimum atomic E-state index is -4.43. The number of nitrogens with one attached hydrogen (secondary N) is 1. The van der Waals surface area contributed by atoms with Crippen molar-refractivity contribution in [3.8, 4) is 11.5 Å². The molecule has 0 saturated carbocycles. The molecule has 128 valence electrons. The lowest BCUT2D eigenvalue weighted by Crippen LogP contribution is -2.32. The zero-order chi connectivity index (χ0) is 17.5. The number of hydrogen-bond donors (Lipinski definition) is 1. The predicted octanol–water partition coefficient (Wildman–Crippen LogP) is 3.42. The highest BCUT2D eigenvalue weighted by Crippen LogP contribution is 2.28. The number of methoxy groups -OCH3 is 1. The van der Waals surface area contributed by atoms with Crippen LogP contribution in [-0.4, -0.2) is 32.3 Å². The molecule has 1 rings (SSSR count). The molecule has 1 aromatic rings. The van der Waals surface area contributed by atoms with Gasteiger partial charge >= 0.3 is 6.18 Å². The molecule has 0 radical (unpaired) electrons. The summed E-state index contributed by atoms with van der Waals surface area (Å²) in [6.45, 7) is 3.21. The van der Waals surface area contributed by atoms with Crippen molar-refractivity contribution >= 4 is 12.0 Å². The van der Waals surface area contributed by atoms with E-state index in [1.165, 1.54) is 13.2 Å². The maximum atomic E-state index is 12.0. The van der Waals surface area contributed by atoms with E-state index < -0.39 is 18.6 Å². The van der Waals surface area contributed by atoms with Crippen LogP contribution in [0.2, 0.25) is 0 Å². The lowest BCUT2D eigenvalue weighted by molar-refractivity contribution is -0.135. The summed E-state index contributed by atoms with van der Waals surface area (Å²) in [4.78, 5) is 11.3. The van der Waals surface area contributed by atoms with Gasteiger partial charge in [0.15, 0.2) is 11.5 Å². The smallest absolute Gasteiger partial charge is 0.405 e. The summed E-state index contributed by atoms with van der Waals surface area (Å²) in [6.07, 6.45) is -1.99. The van der Waals surface area contributed by atoms with E-state index in [-0.39, 0.29) is 0 Å². The van der Waals surface area contributed by atoms with Gasteiger partial charge in [-0.1, -0.05) is 19.9 Å². The molecule has 0 bridgehead atoms. The molecule has 4 nitrogen and oxygen atoms in total. The topological polar surface area (TPSA) is 47.6 Å². The number of carbonyl (C=O) groups excluding carboxylic acids is 1. The maximum Gasteiger partial charge on any atom is 0.405 e. The van der Waals surface area contributed by atoms with Gasteiger partial charge in [0.25, 0.3) is 0 Å². The van der Waals surface area contributed by atoms with Crippen molar-refractivity contribution in [1.82, 2.24) is 5.32 Å². The summed E-state index contributed by atoms with van der Waals surface area (Å²) < 4.78 is 46.7. The summed E-state index contributed by atoms with van der Waals surface area (Å²) in [5.74, 6) is 0.599. The van der Waals surface area contributed by atoms with Crippen LogP contribution in [0.4, 0.5) is 13.2 Å². The van der Waals surface area contributed by atoms with Crippen LogP contribution in [0.25, 0.3) is 6.08 Å². The van der Waals surface area contributed by atoms with Crippen molar-refractivity contribution in [3.05, 3.63) is 29.8 Å². The molecule has 0 saturated heterocycles. The number of amides is 1. The van der Waals surface area contributed by atoms with E-state index in [0.717, 1.165) is 6.08 Å². The van der Waals surface area contributed by atoms with E-state index in [0.29, 0.717) is 29.6 Å². The number of halogens is 3. The van der Waals surface area contributed by atoms with Gasteiger partial charge < -0.3 is 14.8 Å². The Morgan fingerprint density at radius 3 is 2.57 bits per heavy atom. The van der Waals surface area contributed by atoms with Crippen molar-refractivity contribution in [2.45, 2.75) is 20.0 Å². The van der Waals surface area contributed by atoms with Crippen molar-refractivity contribution < 1.29 is 27.4 Å². The minimum absolute atomic E-state index is 0.358. The first-order valence-corrected chi connectivity index (χ1v) is 7.05. The monoisotopic (exact) mass is 331 g/mol. The van der Waals surface area contributed by atoms with Crippen molar-refractivity contribution in [3.63, 3.8) is 0 Å². The van der Waals surface area contributed by atoms with E-state index in [4.69, 9.17) is 9.47 Å². The molecule has 0 aromatic heterocycles. The van der Waals surface area contributed by atoms with E-state index in [2.05, 4.69) is 0 Å². The van der Waals surface area contributed by atoms with Gasteiger partial charge in [-0.3, -0.25) is 4.79 Å². The zero-order valence-corrected chi connectivity index (χ0v) is 13.2. The molecule has 7 heteroatoms. The van der Waals surface area contributed by atoms with Crippen LogP contribution in [0.15, 0.2) is 24.3 Å². The fourth-order valence-electron chi connectivity index (χ4n) is 1.58. The molecule has 0 aliphatic heterocycles. The lowest BCUT2D eigenvalue weighted by Gasteiger charge is -2.12. The highest BCUT2D eigenvalue weighted by Gasteiger charge is 2.27. The number of benzene rings is 1. The van der Waals surface area contributed by atoms with Crippen LogP contribution in [0.1, 0.15) is 19.4 Å². The number of hydrogen-bond acceptors (Lipinski definition) is 3. The quantitative estimate of drug-likeness (QED) is 0.779. The first kappa shape index (κ1) is 18.9. The SMILES string of the molecule is COc1cc(/C=C/C(=O)NCC(F)(F)F)ccc1OCC(C)C. The minimum Gasteiger partial charge on any atom is -0.493 e. The Kier molecular flexibility index (Phi) is 6.93. The predicted molar refractivity (Wildman–Crippen MR) is 81.4 cm³/mol. The van der Waals surface area contributed by atoms with Gasteiger partial charge in [0.05, 0.1) is 13.7 Å². The van der Waals surface area contributed by atoms with E-state index >= 15 is 0 Å². The first-order valence-electron chi connectivity index (χ1n) is 7.05. The summed E-state index contributed by atoms with van der Waals surface area (Å²) in [7, 11) is 1.49. The molecular weight excluding hydrogens is 311 g/mol. The average Bonchev–Trinajstić information content (AvgIpc) is 2.48. The molecule has 1 aromatic carbocycles. The zero-order valence-electron chi connectivity index (χ0n) is 13.2. The fraction of sp³-hybridized carbons (Fsp3) is 0.438. The Morgan fingerprint density at radius 1 is 1.30 bits per heavy atom. The van der Waals surface area contributed by atoms with Gasteiger partial charge in [-0.05, 0) is 29.7 Å². The standard InChI is InChI=1S/C16H20F3NO3/c1-11(2)9-23-13-6-4-12(8-14(13)22-3)5-7-15(21)20-10-16(17,18)19/h4-8,11H,9-10H2,1-3H3,(H,20,21)/b7-5+. The summed E-state index contributed by atoms with van der Waals surface area (Å²) in [6, 6.07) is 5.02. The second kappa shape index (κ2) is 8.45. The Bertz CT molecular complexity index is 554. The molecule has 1 N–H and O–H groups in total. The molecule has 0 aliphatic carbocycles. The van der Waals surface area contributed by atoms with Gasteiger partial charge in [0.1, 0.15) is 6.54 Å². The Balaban J connectivity index is 2.70. The van der Waals surface area contributed by atoms with Crippen molar-refractivity contribution in [2.75, 3.05) is 20.3 Å². The Hall–Kier alpha value is -2.18. The Labute approximate surface area is 133 Å². The maximum absolute atomic E-state index is 12.0. The number of ether oxygens (including phenoxy) is 2. The van der Waals surface area contributed by atoms with Crippen LogP contribution in [0, 0.1) is 5.92 Å². The highest BCUT2D eigenvalue weighted by molar-refractivity contribution is 5.91. The summed E-state index contributed by atoms with van der Waals surface area (Å²) in [5.41, 5.74) is 0.612. The molecule has 0 aliphatic rings. The molecule has 0 fully saturated rings. The van der Waals surface area contributed by atoms with E-state index in [1.54, 1.807) is 23.5 Å². The third-order valence-electron chi connectivity index (χ3n) is 2.65. The number of alkyl halides is 3. The molecule has 0 spiro atoms. The van der Waals surface area contributed by atoms with Crippen LogP contribution in [0.3, 0.4) is 0 Å². The van der Waals surface area contributed by atoms with E-state index in [9.17, 15) is 18.0 Å². The van der Waals surface area contributed by atoms with Crippen LogP contribution >= 0.6 is 0 Å². The van der Waals surface area contributed by atoms with Crippen LogP contribution < -0.4 is 14.8 Å². The van der Waals surface area contributed by atoms with Crippen LogP contribution in [0.5, 0.6) is 11.5 Å². The highest BCUT2D eigenvalue weighted by atomic mass is 19.4. The Morgan fingerprint density at radius 2 is 2.00 bits per heavy atom. The summed E-state index contributed by atoms with van der Waals surface area (Å²) in [5, 5.41) is 1.76. The van der Waals surface area contributed by atoms with Gasteiger partial charge in [0.2, 0.25) is 5.91 Å². The second-order valence-electron chi connectivity index (χ2n) is 5.28. The second-order valence-corrected chi connectivity index (χ2v) is 5.28. The molecule has 0 atom stereocenters. The lowest BCUT2D eigenvalue weighted by atomic mass is 10.2. The third-order valence-corrected chi connectivity index (χ3v) is 2.65. The average molecular weight is 331 g/mol. The largest absolute Gasteiger partial charge is 0.493 e. The molecular formula is C16H20F3NO3. The summed E-state index contributed by atoms with van der Waals surface area (Å²) >= 11 is 0. The van der Waals surface area contributed by atoms with Gasteiger partial charge in [-0.25, -0.2) is 0 Å². The number of carbonyl (C=O) groups is 1. The molecule has 0 unspecified atom stereocenters. The van der Waals surface area contributed by atoms with Crippen LogP contribution in [-0.2, 0) is 4.79 Å². The first-order chi connectivity index (χ1) is 10.7. The van der Waals surface area contributed by atoms with Crippen molar-refractivity contribution in [1.29, 1.82) is 0 Å². The van der Waals surface area contributed by atoms with Gasteiger partial charge in [0, 0.05) is 6.08 Å². The molecule has 1 amide bonds.